The second-order valence-electron chi connectivity index (χ2n) is 7.45. The first-order valence-electron chi connectivity index (χ1n) is 9.49. The van der Waals surface area contributed by atoms with Crippen molar-refractivity contribution in [1.82, 2.24) is 10.3 Å². The largest absolute Gasteiger partial charge is 0.481 e. The summed E-state index contributed by atoms with van der Waals surface area (Å²) >= 11 is 0. The first-order chi connectivity index (χ1) is 14.3. The van der Waals surface area contributed by atoms with E-state index < -0.39 is 42.4 Å². The molecular formula is C21H22FN3O5. The van der Waals surface area contributed by atoms with Gasteiger partial charge in [-0.2, -0.15) is 0 Å². The number of hydrogen-bond acceptors (Lipinski definition) is 6. The minimum absolute atomic E-state index is 0.0706. The number of oxime groups is 1. The van der Waals surface area contributed by atoms with Crippen LogP contribution in [0.5, 0.6) is 0 Å². The van der Waals surface area contributed by atoms with Crippen LogP contribution in [0.15, 0.2) is 41.7 Å². The van der Waals surface area contributed by atoms with Crippen LogP contribution in [-0.2, 0) is 19.2 Å². The number of carbonyl (C=O) groups excluding carboxylic acids is 2. The molecule has 0 unspecified atom stereocenters. The van der Waals surface area contributed by atoms with E-state index in [4.69, 9.17) is 9.94 Å². The summed E-state index contributed by atoms with van der Waals surface area (Å²) in [6, 6.07) is 7.95. The summed E-state index contributed by atoms with van der Waals surface area (Å²) in [6.45, 7) is 2.12. The van der Waals surface area contributed by atoms with Gasteiger partial charge in [-0.15, -0.1) is 0 Å². The fourth-order valence-electron chi connectivity index (χ4n) is 3.41. The Hall–Kier alpha value is -3.36. The van der Waals surface area contributed by atoms with Gasteiger partial charge < -0.3 is 15.3 Å². The molecule has 0 bridgehead atoms. The maximum atomic E-state index is 13.1. The SMILES string of the molecule is CC(C)[C@]1(C(=O)N[C@@H](CC(=O)O)C(=O)CF)CC(c2nccc3ccccc23)=NO1. The Balaban J connectivity index is 1.88. The Labute approximate surface area is 172 Å². The highest BCUT2D eigenvalue weighted by atomic mass is 19.1. The molecule has 9 heteroatoms. The maximum Gasteiger partial charge on any atom is 0.305 e. The number of fused-ring (bicyclic) bond motifs is 1. The fraction of sp³-hybridized carbons (Fsp3) is 0.381. The zero-order chi connectivity index (χ0) is 21.9. The molecule has 1 aromatic carbocycles. The summed E-state index contributed by atoms with van der Waals surface area (Å²) in [6.07, 6.45) is 0.987. The molecule has 1 aliphatic heterocycles. The van der Waals surface area contributed by atoms with Crippen molar-refractivity contribution in [3.63, 3.8) is 0 Å². The molecule has 1 amide bonds. The smallest absolute Gasteiger partial charge is 0.305 e. The molecule has 2 heterocycles. The number of Topliss-reactive ketones (excluding diaryl/α,β-unsaturated/α-hetero) is 1. The number of rotatable bonds is 8. The van der Waals surface area contributed by atoms with Gasteiger partial charge in [0.15, 0.2) is 5.78 Å². The topological polar surface area (TPSA) is 118 Å². The van der Waals surface area contributed by atoms with E-state index in [0.717, 1.165) is 10.8 Å². The van der Waals surface area contributed by atoms with E-state index in [1.807, 2.05) is 30.3 Å². The Morgan fingerprint density at radius 1 is 1.27 bits per heavy atom. The van der Waals surface area contributed by atoms with Crippen molar-refractivity contribution in [2.24, 2.45) is 11.1 Å². The summed E-state index contributed by atoms with van der Waals surface area (Å²) in [4.78, 5) is 45.8. The molecule has 3 rings (SSSR count). The van der Waals surface area contributed by atoms with E-state index in [9.17, 15) is 18.8 Å². The number of carboxylic acids is 1. The monoisotopic (exact) mass is 415 g/mol. The van der Waals surface area contributed by atoms with Crippen LogP contribution in [-0.4, -0.2) is 51.8 Å². The number of ketones is 1. The highest BCUT2D eigenvalue weighted by Crippen LogP contribution is 2.35. The van der Waals surface area contributed by atoms with Gasteiger partial charge in [0.2, 0.25) is 5.60 Å². The Bertz CT molecular complexity index is 1020. The lowest BCUT2D eigenvalue weighted by atomic mass is 9.83. The minimum atomic E-state index is -1.49. The predicted molar refractivity (Wildman–Crippen MR) is 107 cm³/mol. The van der Waals surface area contributed by atoms with Crippen molar-refractivity contribution < 1.29 is 28.7 Å². The number of pyridine rings is 1. The third-order valence-electron chi connectivity index (χ3n) is 5.22. The fourth-order valence-corrected chi connectivity index (χ4v) is 3.41. The average Bonchev–Trinajstić information content (AvgIpc) is 3.18. The van der Waals surface area contributed by atoms with Crippen molar-refractivity contribution >= 4 is 34.1 Å². The van der Waals surface area contributed by atoms with Crippen molar-refractivity contribution in [3.05, 3.63) is 42.2 Å². The summed E-state index contributed by atoms with van der Waals surface area (Å²) < 4.78 is 12.8. The van der Waals surface area contributed by atoms with Gasteiger partial charge in [-0.25, -0.2) is 4.39 Å². The van der Waals surface area contributed by atoms with Gasteiger partial charge in [0.05, 0.1) is 12.1 Å². The number of aromatic nitrogens is 1. The van der Waals surface area contributed by atoms with Crippen LogP contribution in [0.25, 0.3) is 10.8 Å². The third-order valence-corrected chi connectivity index (χ3v) is 5.22. The van der Waals surface area contributed by atoms with Crippen molar-refractivity contribution in [2.45, 2.75) is 38.3 Å². The second-order valence-corrected chi connectivity index (χ2v) is 7.45. The summed E-state index contributed by atoms with van der Waals surface area (Å²) in [5.74, 6) is -3.44. The van der Waals surface area contributed by atoms with Gasteiger partial charge >= 0.3 is 5.97 Å². The van der Waals surface area contributed by atoms with Gasteiger partial charge in [-0.3, -0.25) is 19.4 Å². The molecule has 2 N–H and O–H groups in total. The highest BCUT2D eigenvalue weighted by Gasteiger charge is 2.50. The van der Waals surface area contributed by atoms with Crippen LogP contribution in [0, 0.1) is 5.92 Å². The van der Waals surface area contributed by atoms with Gasteiger partial charge in [0.25, 0.3) is 5.91 Å². The molecular weight excluding hydrogens is 393 g/mol. The first-order valence-corrected chi connectivity index (χ1v) is 9.49. The zero-order valence-corrected chi connectivity index (χ0v) is 16.6. The Morgan fingerprint density at radius 3 is 2.67 bits per heavy atom. The Kier molecular flexibility index (Phi) is 6.09. The molecule has 8 nitrogen and oxygen atoms in total. The summed E-state index contributed by atoms with van der Waals surface area (Å²) in [5, 5.41) is 17.2. The maximum absolute atomic E-state index is 13.1. The van der Waals surface area contributed by atoms with Crippen molar-refractivity contribution in [1.29, 1.82) is 0 Å². The van der Waals surface area contributed by atoms with Crippen LogP contribution in [0.3, 0.4) is 0 Å². The van der Waals surface area contributed by atoms with E-state index >= 15 is 0 Å². The van der Waals surface area contributed by atoms with E-state index in [1.54, 1.807) is 20.0 Å². The second kappa shape index (κ2) is 8.56. The number of carbonyl (C=O) groups is 3. The van der Waals surface area contributed by atoms with Crippen molar-refractivity contribution in [3.8, 4) is 0 Å². The lowest BCUT2D eigenvalue weighted by molar-refractivity contribution is -0.152. The molecule has 0 spiro atoms. The highest BCUT2D eigenvalue weighted by molar-refractivity contribution is 6.12. The molecule has 1 aromatic heterocycles. The molecule has 0 saturated carbocycles. The lowest BCUT2D eigenvalue weighted by Gasteiger charge is -2.30. The Morgan fingerprint density at radius 2 is 2.00 bits per heavy atom. The normalized spacial score (nSPS) is 19.3. The quantitative estimate of drug-likeness (QED) is 0.683. The van der Waals surface area contributed by atoms with E-state index in [1.165, 1.54) is 0 Å². The number of alkyl halides is 1. The van der Waals surface area contributed by atoms with Gasteiger partial charge in [-0.1, -0.05) is 43.3 Å². The number of nitrogens with one attached hydrogen (secondary N) is 1. The standard InChI is InChI=1S/C21H22FN3O5/c1-12(2)21(20(29)24-15(9-18(27)28)17(26)11-22)10-16(25-30-21)19-14-6-4-3-5-13(14)7-8-23-19/h3-8,12,15H,9-11H2,1-2H3,(H,24,29)(H,27,28)/t15-,21-/m0/s1. The molecule has 2 aromatic rings. The zero-order valence-electron chi connectivity index (χ0n) is 16.6. The molecule has 158 valence electrons. The minimum Gasteiger partial charge on any atom is -0.481 e. The van der Waals surface area contributed by atoms with E-state index in [0.29, 0.717) is 11.4 Å². The van der Waals surface area contributed by atoms with Crippen LogP contribution in [0.1, 0.15) is 32.4 Å². The van der Waals surface area contributed by atoms with Crippen LogP contribution < -0.4 is 5.32 Å². The van der Waals surface area contributed by atoms with Gasteiger partial charge in [0.1, 0.15) is 18.4 Å². The first kappa shape index (κ1) is 21.4. The van der Waals surface area contributed by atoms with Crippen LogP contribution in [0.2, 0.25) is 0 Å². The number of halogens is 1. The number of carboxylic acid groups (broad SMARTS) is 1. The summed E-state index contributed by atoms with van der Waals surface area (Å²) in [7, 11) is 0. The van der Waals surface area contributed by atoms with Crippen LogP contribution >= 0.6 is 0 Å². The molecule has 30 heavy (non-hydrogen) atoms. The van der Waals surface area contributed by atoms with E-state index in [-0.39, 0.29) is 12.3 Å². The predicted octanol–water partition coefficient (Wildman–Crippen LogP) is 2.25. The third kappa shape index (κ3) is 4.00. The average molecular weight is 415 g/mol. The molecule has 2 atom stereocenters. The molecule has 1 aliphatic rings. The van der Waals surface area contributed by atoms with Gasteiger partial charge in [-0.05, 0) is 11.5 Å². The summed E-state index contributed by atoms with van der Waals surface area (Å²) in [5.41, 5.74) is -0.436. The van der Waals surface area contributed by atoms with E-state index in [2.05, 4.69) is 15.5 Å². The number of benzene rings is 1. The lowest BCUT2D eigenvalue weighted by Crippen LogP contribution is -2.55. The van der Waals surface area contributed by atoms with Crippen molar-refractivity contribution in [2.75, 3.05) is 6.67 Å². The molecule has 0 saturated heterocycles. The number of nitrogens with zero attached hydrogens (tertiary/aromatic N) is 2. The molecule has 0 radical (unpaired) electrons. The molecule has 0 fully saturated rings. The molecule has 0 aliphatic carbocycles. The number of aliphatic carboxylic acids is 1. The van der Waals surface area contributed by atoms with Gasteiger partial charge in [0, 0.05) is 23.9 Å². The number of amides is 1. The number of hydrogen-bond donors (Lipinski definition) is 2. The van der Waals surface area contributed by atoms with Crippen LogP contribution in [0.4, 0.5) is 4.39 Å².